The summed E-state index contributed by atoms with van der Waals surface area (Å²) in [6.45, 7) is 3.33. The van der Waals surface area contributed by atoms with Gasteiger partial charge in [-0.15, -0.1) is 0 Å². The van der Waals surface area contributed by atoms with E-state index in [-0.39, 0.29) is 30.6 Å². The SMILES string of the molecule is COc1ccc([C@H]2OCC[C@@H]2NC(=O)N2CC(C)CC(C(=O)O)C2)cn1. The van der Waals surface area contributed by atoms with Crippen molar-refractivity contribution in [1.82, 2.24) is 15.2 Å². The Bertz CT molecular complexity index is 651. The molecular formula is C18H25N3O5. The number of carboxylic acids is 1. The number of carboxylic acid groups (broad SMARTS) is 1. The highest BCUT2D eigenvalue weighted by Crippen LogP contribution is 2.30. The molecule has 0 radical (unpaired) electrons. The number of ether oxygens (including phenoxy) is 2. The molecule has 8 nitrogen and oxygen atoms in total. The van der Waals surface area contributed by atoms with Crippen molar-refractivity contribution in [3.8, 4) is 5.88 Å². The Morgan fingerprint density at radius 3 is 2.85 bits per heavy atom. The van der Waals surface area contributed by atoms with Gasteiger partial charge in [-0.2, -0.15) is 0 Å². The number of nitrogens with zero attached hydrogens (tertiary/aromatic N) is 2. The molecule has 2 fully saturated rings. The minimum Gasteiger partial charge on any atom is -0.481 e. The van der Waals surface area contributed by atoms with E-state index in [2.05, 4.69) is 10.3 Å². The van der Waals surface area contributed by atoms with E-state index >= 15 is 0 Å². The number of piperidine rings is 1. The largest absolute Gasteiger partial charge is 0.481 e. The topological polar surface area (TPSA) is 101 Å². The molecule has 2 saturated heterocycles. The van der Waals surface area contributed by atoms with Crippen LogP contribution in [0.4, 0.5) is 4.79 Å². The van der Waals surface area contributed by atoms with Gasteiger partial charge in [-0.05, 0) is 24.8 Å². The summed E-state index contributed by atoms with van der Waals surface area (Å²) in [5.41, 5.74) is 0.879. The first-order valence-electron chi connectivity index (χ1n) is 8.87. The number of nitrogens with one attached hydrogen (secondary N) is 1. The molecule has 0 bridgehead atoms. The maximum absolute atomic E-state index is 12.7. The minimum atomic E-state index is -0.847. The molecule has 0 aliphatic carbocycles. The van der Waals surface area contributed by atoms with Crippen molar-refractivity contribution < 1.29 is 24.2 Å². The van der Waals surface area contributed by atoms with E-state index < -0.39 is 11.9 Å². The number of carbonyl (C=O) groups is 2. The number of rotatable bonds is 4. The fourth-order valence-electron chi connectivity index (χ4n) is 3.69. The number of hydrogen-bond acceptors (Lipinski definition) is 5. The predicted molar refractivity (Wildman–Crippen MR) is 92.9 cm³/mol. The van der Waals surface area contributed by atoms with E-state index in [0.29, 0.717) is 31.9 Å². The van der Waals surface area contributed by atoms with Crippen molar-refractivity contribution in [1.29, 1.82) is 0 Å². The minimum absolute atomic E-state index is 0.164. The van der Waals surface area contributed by atoms with Gasteiger partial charge in [0, 0.05) is 37.5 Å². The Kier molecular flexibility index (Phi) is 5.61. The van der Waals surface area contributed by atoms with Gasteiger partial charge in [0.2, 0.25) is 5.88 Å². The summed E-state index contributed by atoms with van der Waals surface area (Å²) in [6.07, 6.45) is 2.73. The number of urea groups is 1. The fourth-order valence-corrected chi connectivity index (χ4v) is 3.69. The van der Waals surface area contributed by atoms with Crippen LogP contribution < -0.4 is 10.1 Å². The first-order chi connectivity index (χ1) is 12.5. The third-order valence-corrected chi connectivity index (χ3v) is 4.99. The highest BCUT2D eigenvalue weighted by molar-refractivity contribution is 5.77. The number of likely N-dealkylation sites (tertiary alicyclic amines) is 1. The summed E-state index contributed by atoms with van der Waals surface area (Å²) >= 11 is 0. The molecule has 2 aliphatic heterocycles. The molecule has 0 spiro atoms. The smallest absolute Gasteiger partial charge is 0.317 e. The molecule has 3 heterocycles. The molecule has 8 heteroatoms. The second-order valence-corrected chi connectivity index (χ2v) is 7.05. The zero-order chi connectivity index (χ0) is 18.7. The molecule has 1 aromatic rings. The number of amides is 2. The maximum atomic E-state index is 12.7. The van der Waals surface area contributed by atoms with E-state index in [1.54, 1.807) is 24.3 Å². The molecule has 1 aromatic heterocycles. The third kappa shape index (κ3) is 4.07. The van der Waals surface area contributed by atoms with Crippen molar-refractivity contribution in [3.63, 3.8) is 0 Å². The number of carbonyl (C=O) groups excluding carboxylic acids is 1. The summed E-state index contributed by atoms with van der Waals surface area (Å²) in [5, 5.41) is 12.3. The number of aliphatic carboxylic acids is 1. The normalized spacial score (nSPS) is 28.6. The van der Waals surface area contributed by atoms with Gasteiger partial charge >= 0.3 is 12.0 Å². The summed E-state index contributed by atoms with van der Waals surface area (Å²) in [5.74, 6) is -0.669. The molecule has 2 aliphatic rings. The van der Waals surface area contributed by atoms with Gasteiger partial charge in [0.1, 0.15) is 6.10 Å². The number of methoxy groups -OCH3 is 1. The van der Waals surface area contributed by atoms with Crippen LogP contribution >= 0.6 is 0 Å². The predicted octanol–water partition coefficient (Wildman–Crippen LogP) is 1.67. The van der Waals surface area contributed by atoms with Gasteiger partial charge in [-0.3, -0.25) is 4.79 Å². The van der Waals surface area contributed by atoms with Crippen LogP contribution in [0.5, 0.6) is 5.88 Å². The van der Waals surface area contributed by atoms with Crippen molar-refractivity contribution >= 4 is 12.0 Å². The monoisotopic (exact) mass is 363 g/mol. The zero-order valence-electron chi connectivity index (χ0n) is 15.1. The highest BCUT2D eigenvalue weighted by Gasteiger charge is 2.35. The van der Waals surface area contributed by atoms with Crippen LogP contribution in [-0.4, -0.2) is 59.8 Å². The highest BCUT2D eigenvalue weighted by atomic mass is 16.5. The van der Waals surface area contributed by atoms with Crippen molar-refractivity contribution in [3.05, 3.63) is 23.9 Å². The first kappa shape index (κ1) is 18.4. The lowest BCUT2D eigenvalue weighted by molar-refractivity contribution is -0.143. The Morgan fingerprint density at radius 1 is 1.38 bits per heavy atom. The number of pyridine rings is 1. The quantitative estimate of drug-likeness (QED) is 0.844. The molecule has 26 heavy (non-hydrogen) atoms. The third-order valence-electron chi connectivity index (χ3n) is 4.99. The second-order valence-electron chi connectivity index (χ2n) is 7.05. The molecule has 0 aromatic carbocycles. The fraction of sp³-hybridized carbons (Fsp3) is 0.611. The van der Waals surface area contributed by atoms with Crippen molar-refractivity contribution in [2.24, 2.45) is 11.8 Å². The maximum Gasteiger partial charge on any atom is 0.317 e. The standard InChI is InChI=1S/C18H25N3O5/c1-11-7-13(17(22)23)10-21(9-11)18(24)20-14-5-6-26-16(14)12-3-4-15(25-2)19-8-12/h3-4,8,11,13-14,16H,5-7,9-10H2,1-2H3,(H,20,24)(H,22,23)/t11?,13?,14-,16+/m0/s1. The van der Waals surface area contributed by atoms with Crippen LogP contribution in [0.2, 0.25) is 0 Å². The van der Waals surface area contributed by atoms with Gasteiger partial charge in [0.15, 0.2) is 0 Å². The molecule has 2 unspecified atom stereocenters. The molecule has 4 atom stereocenters. The summed E-state index contributed by atoms with van der Waals surface area (Å²) < 4.78 is 10.9. The van der Waals surface area contributed by atoms with Gasteiger partial charge in [-0.25, -0.2) is 9.78 Å². The van der Waals surface area contributed by atoms with Crippen LogP contribution in [0.3, 0.4) is 0 Å². The van der Waals surface area contributed by atoms with Crippen LogP contribution in [0, 0.1) is 11.8 Å². The lowest BCUT2D eigenvalue weighted by atomic mass is 9.91. The van der Waals surface area contributed by atoms with Crippen LogP contribution in [0.15, 0.2) is 18.3 Å². The summed E-state index contributed by atoms with van der Waals surface area (Å²) in [7, 11) is 1.56. The molecule has 142 valence electrons. The molecular weight excluding hydrogens is 338 g/mol. The van der Waals surface area contributed by atoms with E-state index in [9.17, 15) is 14.7 Å². The summed E-state index contributed by atoms with van der Waals surface area (Å²) in [4.78, 5) is 29.8. The van der Waals surface area contributed by atoms with E-state index in [0.717, 1.165) is 5.56 Å². The van der Waals surface area contributed by atoms with E-state index in [1.165, 1.54) is 0 Å². The molecule has 3 rings (SSSR count). The Hall–Kier alpha value is -2.35. The van der Waals surface area contributed by atoms with Crippen LogP contribution in [0.1, 0.15) is 31.4 Å². The van der Waals surface area contributed by atoms with Crippen LogP contribution in [-0.2, 0) is 9.53 Å². The Labute approximate surface area is 152 Å². The summed E-state index contributed by atoms with van der Waals surface area (Å²) in [6, 6.07) is 3.24. The molecule has 0 saturated carbocycles. The molecule has 2 N–H and O–H groups in total. The van der Waals surface area contributed by atoms with Crippen molar-refractivity contribution in [2.45, 2.75) is 31.9 Å². The lowest BCUT2D eigenvalue weighted by Crippen LogP contribution is -2.52. The van der Waals surface area contributed by atoms with Gasteiger partial charge in [0.25, 0.3) is 0 Å². The number of hydrogen-bond donors (Lipinski definition) is 2. The lowest BCUT2D eigenvalue weighted by Gasteiger charge is -2.35. The van der Waals surface area contributed by atoms with Gasteiger partial charge < -0.3 is 24.8 Å². The van der Waals surface area contributed by atoms with E-state index in [4.69, 9.17) is 9.47 Å². The van der Waals surface area contributed by atoms with E-state index in [1.807, 2.05) is 13.0 Å². The van der Waals surface area contributed by atoms with Crippen molar-refractivity contribution in [2.75, 3.05) is 26.8 Å². The molecule has 2 amide bonds. The van der Waals surface area contributed by atoms with Crippen LogP contribution in [0.25, 0.3) is 0 Å². The first-order valence-corrected chi connectivity index (χ1v) is 8.87. The van der Waals surface area contributed by atoms with Gasteiger partial charge in [0.05, 0.1) is 19.1 Å². The Morgan fingerprint density at radius 2 is 2.19 bits per heavy atom. The second kappa shape index (κ2) is 7.90. The number of aromatic nitrogens is 1. The average molecular weight is 363 g/mol. The average Bonchev–Trinajstić information content (AvgIpc) is 3.09. The van der Waals surface area contributed by atoms with Gasteiger partial charge in [-0.1, -0.05) is 6.92 Å². The Balaban J connectivity index is 1.64. The zero-order valence-corrected chi connectivity index (χ0v) is 15.1.